The molecule has 1 amide bonds. The molecule has 0 bridgehead atoms. The highest BCUT2D eigenvalue weighted by Gasteiger charge is 2.28. The second kappa shape index (κ2) is 5.85. The Balaban J connectivity index is 1.58. The lowest BCUT2D eigenvalue weighted by Gasteiger charge is -2.09. The van der Waals surface area contributed by atoms with Gasteiger partial charge in [-0.1, -0.05) is 0 Å². The molecule has 142 valence electrons. The number of rotatable bonds is 3. The van der Waals surface area contributed by atoms with Crippen LogP contribution in [0.5, 0.6) is 0 Å². The van der Waals surface area contributed by atoms with Crippen molar-refractivity contribution in [2.75, 3.05) is 5.32 Å². The van der Waals surface area contributed by atoms with Crippen molar-refractivity contribution in [2.45, 2.75) is 32.6 Å². The average molecular weight is 375 g/mol. The molecule has 28 heavy (non-hydrogen) atoms. The Morgan fingerprint density at radius 1 is 1.07 bits per heavy atom. The number of aromatic nitrogens is 6. The Bertz CT molecular complexity index is 1260. The number of hydrogen-bond donors (Lipinski definition) is 1. The smallest absolute Gasteiger partial charge is 0.256 e. The molecule has 8 heteroatoms. The van der Waals surface area contributed by atoms with Crippen LogP contribution in [0.1, 0.15) is 46.2 Å². The Hall–Kier alpha value is -3.29. The number of anilines is 1. The summed E-state index contributed by atoms with van der Waals surface area (Å²) in [5, 5.41) is 13.6. The maximum Gasteiger partial charge on any atom is 0.256 e. The van der Waals surface area contributed by atoms with Crippen LogP contribution in [0.4, 0.5) is 5.69 Å². The molecule has 8 nitrogen and oxygen atoms in total. The first kappa shape index (κ1) is 16.9. The topological polar surface area (TPSA) is 90.5 Å². The van der Waals surface area contributed by atoms with Gasteiger partial charge in [-0.25, -0.2) is 9.97 Å². The van der Waals surface area contributed by atoms with Crippen LogP contribution in [0.25, 0.3) is 22.1 Å². The quantitative estimate of drug-likeness (QED) is 0.594. The van der Waals surface area contributed by atoms with Crippen molar-refractivity contribution in [3.63, 3.8) is 0 Å². The first-order valence-electron chi connectivity index (χ1n) is 9.37. The van der Waals surface area contributed by atoms with Gasteiger partial charge in [0.15, 0.2) is 11.3 Å². The summed E-state index contributed by atoms with van der Waals surface area (Å²) in [6.45, 7) is 3.84. The third-order valence-corrected chi connectivity index (χ3v) is 5.35. The number of aryl methyl sites for hydroxylation is 4. The number of pyridine rings is 2. The van der Waals surface area contributed by atoms with E-state index in [9.17, 15) is 4.79 Å². The second-order valence-corrected chi connectivity index (χ2v) is 7.53. The Kier molecular flexibility index (Phi) is 3.52. The number of carbonyl (C=O) groups is 1. The van der Waals surface area contributed by atoms with E-state index < -0.39 is 0 Å². The summed E-state index contributed by atoms with van der Waals surface area (Å²) in [6.07, 6.45) is 3.91. The van der Waals surface area contributed by atoms with E-state index in [4.69, 9.17) is 4.98 Å². The minimum absolute atomic E-state index is 0.173. The Morgan fingerprint density at radius 3 is 2.54 bits per heavy atom. The van der Waals surface area contributed by atoms with Gasteiger partial charge in [0.25, 0.3) is 5.91 Å². The minimum Gasteiger partial charge on any atom is -0.321 e. The van der Waals surface area contributed by atoms with Gasteiger partial charge in [-0.05, 0) is 38.8 Å². The number of nitrogens with one attached hydrogen (secondary N) is 1. The second-order valence-electron chi connectivity index (χ2n) is 7.53. The van der Waals surface area contributed by atoms with Crippen LogP contribution < -0.4 is 5.32 Å². The molecule has 4 aromatic heterocycles. The van der Waals surface area contributed by atoms with Crippen LogP contribution in [0.15, 0.2) is 18.3 Å². The van der Waals surface area contributed by atoms with E-state index >= 15 is 0 Å². The fourth-order valence-electron chi connectivity index (χ4n) is 3.81. The van der Waals surface area contributed by atoms with Crippen LogP contribution in [0.3, 0.4) is 0 Å². The molecule has 0 radical (unpaired) electrons. The molecule has 1 aliphatic carbocycles. The molecule has 0 unspecified atom stereocenters. The van der Waals surface area contributed by atoms with Crippen molar-refractivity contribution in [2.24, 2.45) is 14.1 Å². The van der Waals surface area contributed by atoms with Crippen molar-refractivity contribution < 1.29 is 4.79 Å². The van der Waals surface area contributed by atoms with Gasteiger partial charge in [0.05, 0.1) is 34.2 Å². The standard InChI is InChI=1S/C20H21N7O/c1-10-14-7-13(9-21-18(14)26(3)24-10)22-20(28)15-8-16(12-5-6-12)23-19-17(15)11(2)25-27(19)4/h7-9,12H,5-6H2,1-4H3,(H,22,28). The van der Waals surface area contributed by atoms with E-state index in [-0.39, 0.29) is 5.91 Å². The molecule has 4 aromatic rings. The summed E-state index contributed by atoms with van der Waals surface area (Å²) in [4.78, 5) is 22.4. The van der Waals surface area contributed by atoms with E-state index in [1.807, 2.05) is 40.1 Å². The molecule has 1 saturated carbocycles. The SMILES string of the molecule is Cc1nn(C)c2ncc(NC(=O)c3cc(C4CC4)nc4c3c(C)nn4C)cc12. The summed E-state index contributed by atoms with van der Waals surface area (Å²) < 4.78 is 3.49. The lowest BCUT2D eigenvalue weighted by Crippen LogP contribution is -2.14. The summed E-state index contributed by atoms with van der Waals surface area (Å²) in [6, 6.07) is 3.84. The van der Waals surface area contributed by atoms with Gasteiger partial charge in [0.1, 0.15) is 0 Å². The van der Waals surface area contributed by atoms with Crippen molar-refractivity contribution >= 4 is 33.7 Å². The first-order chi connectivity index (χ1) is 13.4. The number of hydrogen-bond acceptors (Lipinski definition) is 5. The fraction of sp³-hybridized carbons (Fsp3) is 0.350. The van der Waals surface area contributed by atoms with Crippen molar-refractivity contribution in [1.29, 1.82) is 0 Å². The third-order valence-electron chi connectivity index (χ3n) is 5.35. The molecule has 0 atom stereocenters. The number of nitrogens with zero attached hydrogens (tertiary/aromatic N) is 6. The molecular formula is C20H21N7O. The number of carbonyl (C=O) groups excluding carboxylic acids is 1. The molecule has 5 rings (SSSR count). The van der Waals surface area contributed by atoms with Crippen molar-refractivity contribution in [3.05, 3.63) is 41.0 Å². The normalized spacial score (nSPS) is 14.1. The molecule has 1 aliphatic rings. The molecule has 0 aromatic carbocycles. The van der Waals surface area contributed by atoms with Gasteiger partial charge in [-0.15, -0.1) is 0 Å². The fourth-order valence-corrected chi connectivity index (χ4v) is 3.81. The summed E-state index contributed by atoms with van der Waals surface area (Å²) in [5.41, 5.74) is 5.45. The van der Waals surface area contributed by atoms with Gasteiger partial charge in [-0.3, -0.25) is 14.2 Å². The highest BCUT2D eigenvalue weighted by atomic mass is 16.1. The van der Waals surface area contributed by atoms with Crippen LogP contribution in [-0.4, -0.2) is 35.4 Å². The minimum atomic E-state index is -0.173. The number of fused-ring (bicyclic) bond motifs is 2. The predicted octanol–water partition coefficient (Wildman–Crippen LogP) is 3.00. The average Bonchev–Trinajstić information content (AvgIpc) is 3.42. The van der Waals surface area contributed by atoms with E-state index in [2.05, 4.69) is 20.5 Å². The van der Waals surface area contributed by atoms with Gasteiger partial charge < -0.3 is 5.32 Å². The lowest BCUT2D eigenvalue weighted by atomic mass is 10.1. The Labute approximate surface area is 161 Å². The van der Waals surface area contributed by atoms with Crippen molar-refractivity contribution in [1.82, 2.24) is 29.5 Å². The lowest BCUT2D eigenvalue weighted by molar-refractivity contribution is 0.102. The van der Waals surface area contributed by atoms with Crippen LogP contribution in [0, 0.1) is 13.8 Å². The van der Waals surface area contributed by atoms with Gasteiger partial charge in [-0.2, -0.15) is 10.2 Å². The predicted molar refractivity (Wildman–Crippen MR) is 106 cm³/mol. The summed E-state index contributed by atoms with van der Waals surface area (Å²) >= 11 is 0. The molecule has 1 fully saturated rings. The van der Waals surface area contributed by atoms with Crippen LogP contribution in [0.2, 0.25) is 0 Å². The zero-order chi connectivity index (χ0) is 19.6. The van der Waals surface area contributed by atoms with E-state index in [1.54, 1.807) is 15.6 Å². The van der Waals surface area contributed by atoms with E-state index in [0.717, 1.165) is 52.0 Å². The van der Waals surface area contributed by atoms with Crippen molar-refractivity contribution in [3.8, 4) is 0 Å². The van der Waals surface area contributed by atoms with Crippen LogP contribution >= 0.6 is 0 Å². The molecule has 0 saturated heterocycles. The van der Waals surface area contributed by atoms with E-state index in [1.165, 1.54) is 0 Å². The monoisotopic (exact) mass is 375 g/mol. The van der Waals surface area contributed by atoms with Gasteiger partial charge in [0, 0.05) is 31.1 Å². The molecular weight excluding hydrogens is 354 g/mol. The van der Waals surface area contributed by atoms with E-state index in [0.29, 0.717) is 17.2 Å². The maximum absolute atomic E-state index is 13.2. The summed E-state index contributed by atoms with van der Waals surface area (Å²) in [7, 11) is 3.72. The van der Waals surface area contributed by atoms with Gasteiger partial charge in [0.2, 0.25) is 0 Å². The van der Waals surface area contributed by atoms with Gasteiger partial charge >= 0.3 is 0 Å². The first-order valence-corrected chi connectivity index (χ1v) is 9.37. The molecule has 0 spiro atoms. The number of amides is 1. The summed E-state index contributed by atoms with van der Waals surface area (Å²) in [5.74, 6) is 0.273. The molecule has 0 aliphatic heterocycles. The zero-order valence-corrected chi connectivity index (χ0v) is 16.3. The maximum atomic E-state index is 13.2. The van der Waals surface area contributed by atoms with Crippen LogP contribution in [-0.2, 0) is 14.1 Å². The molecule has 4 heterocycles. The largest absolute Gasteiger partial charge is 0.321 e. The molecule has 1 N–H and O–H groups in total. The highest BCUT2D eigenvalue weighted by Crippen LogP contribution is 2.40. The zero-order valence-electron chi connectivity index (χ0n) is 16.3. The Morgan fingerprint density at radius 2 is 1.79 bits per heavy atom. The highest BCUT2D eigenvalue weighted by molar-refractivity contribution is 6.13. The third kappa shape index (κ3) is 2.56.